The van der Waals surface area contributed by atoms with E-state index in [1.54, 1.807) is 10.9 Å². The number of nitrogens with one attached hydrogen (secondary N) is 2. The first kappa shape index (κ1) is 28.2. The zero-order chi connectivity index (χ0) is 28.9. The van der Waals surface area contributed by atoms with E-state index in [0.29, 0.717) is 51.9 Å². The van der Waals surface area contributed by atoms with Crippen LogP contribution in [0.5, 0.6) is 0 Å². The van der Waals surface area contributed by atoms with Crippen LogP contribution in [0.15, 0.2) is 58.6 Å². The molecule has 4 fully saturated rings. The summed E-state index contributed by atoms with van der Waals surface area (Å²) in [6.45, 7) is 14.1. The highest BCUT2D eigenvalue weighted by atomic mass is 35.5. The largest absolute Gasteiger partial charge is 0.340 e. The van der Waals surface area contributed by atoms with Crippen LogP contribution in [0.4, 0.5) is 5.69 Å². The Morgan fingerprint density at radius 2 is 1.83 bits per heavy atom. The van der Waals surface area contributed by atoms with Gasteiger partial charge in [-0.15, -0.1) is 0 Å². The quantitative estimate of drug-likeness (QED) is 0.297. The minimum atomic E-state index is -0.0213. The van der Waals surface area contributed by atoms with Crippen LogP contribution in [0.2, 0.25) is 5.02 Å². The van der Waals surface area contributed by atoms with Gasteiger partial charge in [-0.1, -0.05) is 44.5 Å². The summed E-state index contributed by atoms with van der Waals surface area (Å²) in [5.41, 5.74) is 3.15. The van der Waals surface area contributed by atoms with Crippen molar-refractivity contribution < 1.29 is 0 Å². The molecule has 218 valence electrons. The maximum atomic E-state index is 13.3. The van der Waals surface area contributed by atoms with Crippen LogP contribution in [-0.2, 0) is 13.0 Å². The maximum absolute atomic E-state index is 13.3. The second kappa shape index (κ2) is 11.1. The van der Waals surface area contributed by atoms with Gasteiger partial charge in [0.05, 0.1) is 23.3 Å². The Bertz CT molecular complexity index is 1490. The summed E-state index contributed by atoms with van der Waals surface area (Å²) in [6, 6.07) is 14.7. The van der Waals surface area contributed by atoms with Crippen LogP contribution in [0.1, 0.15) is 53.0 Å². The summed E-state index contributed by atoms with van der Waals surface area (Å²) in [6.07, 6.45) is 4.90. The average molecular weight is 575 g/mol. The first-order valence-corrected chi connectivity index (χ1v) is 15.6. The van der Waals surface area contributed by atoms with Crippen molar-refractivity contribution in [2.75, 3.05) is 18.4 Å². The second-order valence-electron chi connectivity index (χ2n) is 13.3. The number of fused-ring (bicyclic) bond motifs is 3. The lowest BCUT2D eigenvalue weighted by molar-refractivity contribution is -0.108. The molecule has 6 atom stereocenters. The molecular weight excluding hydrogens is 532 g/mol. The predicted octanol–water partition coefficient (Wildman–Crippen LogP) is 5.81. The van der Waals surface area contributed by atoms with Crippen molar-refractivity contribution in [3.8, 4) is 0 Å². The molecule has 0 radical (unpaired) electrons. The lowest BCUT2D eigenvalue weighted by Crippen LogP contribution is -2.59. The monoisotopic (exact) mass is 574 g/mol. The van der Waals surface area contributed by atoms with Crippen molar-refractivity contribution in [2.24, 2.45) is 28.2 Å². The summed E-state index contributed by atoms with van der Waals surface area (Å²) in [7, 11) is 0. The Balaban J connectivity index is 1.24. The molecule has 2 bridgehead atoms. The van der Waals surface area contributed by atoms with Crippen molar-refractivity contribution >= 4 is 34.2 Å². The summed E-state index contributed by atoms with van der Waals surface area (Å²) in [5, 5.41) is 8.66. The minimum absolute atomic E-state index is 0.0213. The number of piperazine rings is 1. The van der Waals surface area contributed by atoms with Gasteiger partial charge in [-0.2, -0.15) is 0 Å². The Kier molecular flexibility index (Phi) is 7.62. The van der Waals surface area contributed by atoms with E-state index in [-0.39, 0.29) is 5.56 Å². The smallest absolute Gasteiger partial charge is 0.261 e. The van der Waals surface area contributed by atoms with E-state index >= 15 is 0 Å². The molecule has 1 saturated heterocycles. The van der Waals surface area contributed by atoms with E-state index in [1.807, 2.05) is 42.5 Å². The summed E-state index contributed by atoms with van der Waals surface area (Å²) >= 11 is 6.01. The number of anilines is 1. The van der Waals surface area contributed by atoms with Gasteiger partial charge in [0.25, 0.3) is 5.56 Å². The van der Waals surface area contributed by atoms with E-state index < -0.39 is 0 Å². The van der Waals surface area contributed by atoms with Gasteiger partial charge in [0.2, 0.25) is 0 Å². The number of benzene rings is 2. The molecule has 7 rings (SSSR count). The highest BCUT2D eigenvalue weighted by Gasteiger charge is 2.56. The molecule has 4 aliphatic rings. The van der Waals surface area contributed by atoms with Gasteiger partial charge in [0, 0.05) is 42.4 Å². The van der Waals surface area contributed by atoms with Gasteiger partial charge in [0.15, 0.2) is 5.96 Å². The zero-order valence-electron chi connectivity index (χ0n) is 24.9. The molecule has 3 aromatic rings. The molecule has 2 N–H and O–H groups in total. The second-order valence-corrected chi connectivity index (χ2v) is 13.8. The maximum Gasteiger partial charge on any atom is 0.261 e. The number of rotatable bonds is 5. The van der Waals surface area contributed by atoms with Crippen LogP contribution in [0, 0.1) is 23.2 Å². The average Bonchev–Trinajstić information content (AvgIpc) is 2.93. The van der Waals surface area contributed by atoms with E-state index in [4.69, 9.17) is 16.6 Å². The van der Waals surface area contributed by atoms with Crippen LogP contribution < -0.4 is 16.2 Å². The van der Waals surface area contributed by atoms with Gasteiger partial charge in [-0.3, -0.25) is 9.36 Å². The number of aromatic nitrogens is 2. The summed E-state index contributed by atoms with van der Waals surface area (Å²) in [4.78, 5) is 25.8. The third-order valence-corrected chi connectivity index (χ3v) is 10.3. The Morgan fingerprint density at radius 1 is 1.10 bits per heavy atom. The van der Waals surface area contributed by atoms with Crippen LogP contribution in [-0.4, -0.2) is 51.6 Å². The van der Waals surface area contributed by atoms with Gasteiger partial charge >= 0.3 is 0 Å². The number of aryl methyl sites for hydroxylation is 2. The van der Waals surface area contributed by atoms with Crippen LogP contribution in [0.25, 0.3) is 10.9 Å². The molecule has 0 spiro atoms. The molecule has 3 saturated carbocycles. The van der Waals surface area contributed by atoms with Crippen molar-refractivity contribution in [3.63, 3.8) is 0 Å². The normalized spacial score (nSPS) is 29.3. The molecule has 2 aromatic carbocycles. The molecule has 1 aromatic heterocycles. The number of nitrogens with zero attached hydrogens (tertiary/aromatic N) is 4. The molecule has 3 aliphatic carbocycles. The highest BCUT2D eigenvalue weighted by Crippen LogP contribution is 2.61. The first-order valence-electron chi connectivity index (χ1n) is 15.2. The summed E-state index contributed by atoms with van der Waals surface area (Å²) in [5.74, 6) is 3.00. The molecule has 6 unspecified atom stereocenters. The Labute approximate surface area is 248 Å². The number of hydrogen-bond donors (Lipinski definition) is 2. The predicted molar refractivity (Wildman–Crippen MR) is 169 cm³/mol. The van der Waals surface area contributed by atoms with Gasteiger partial charge in [0.1, 0.15) is 0 Å². The fourth-order valence-corrected chi connectivity index (χ4v) is 7.69. The molecule has 1 aliphatic heterocycles. The lowest BCUT2D eigenvalue weighted by atomic mass is 9.45. The fourth-order valence-electron chi connectivity index (χ4n) is 7.57. The topological polar surface area (TPSA) is 74.5 Å². The number of aliphatic imine (C=N–C) groups is 1. The molecule has 0 amide bonds. The van der Waals surface area contributed by atoms with E-state index in [2.05, 4.69) is 55.1 Å². The number of guanidine groups is 1. The molecule has 41 heavy (non-hydrogen) atoms. The van der Waals surface area contributed by atoms with E-state index in [1.165, 1.54) is 6.42 Å². The minimum Gasteiger partial charge on any atom is -0.340 e. The molecule has 7 nitrogen and oxygen atoms in total. The van der Waals surface area contributed by atoms with Crippen LogP contribution in [0.3, 0.4) is 0 Å². The van der Waals surface area contributed by atoms with Crippen molar-refractivity contribution in [3.05, 3.63) is 69.7 Å². The van der Waals surface area contributed by atoms with Crippen LogP contribution >= 0.6 is 11.6 Å². The van der Waals surface area contributed by atoms with Crippen molar-refractivity contribution in [1.82, 2.24) is 19.8 Å². The van der Waals surface area contributed by atoms with Gasteiger partial charge < -0.3 is 15.5 Å². The standard InChI is InChI=1S/C33H43ClN6O/c1-20-17-40(18-21(2)36-20)32(38-29-15-24-14-28(22(29)3)33(24,4)5)37-26-10-11-27-30(16-26)35-19-39(31(27)41)13-12-23-6-8-25(34)9-7-23/h6-11,16,19-22,24,28-29,36H,12-15,17-18H2,1-5H3,(H,37,38). The first-order chi connectivity index (χ1) is 19.6. The van der Waals surface area contributed by atoms with Crippen molar-refractivity contribution in [2.45, 2.75) is 78.6 Å². The molecular formula is C33H43ClN6O. The van der Waals surface area contributed by atoms with E-state index in [0.717, 1.165) is 55.0 Å². The Morgan fingerprint density at radius 3 is 2.51 bits per heavy atom. The van der Waals surface area contributed by atoms with E-state index in [9.17, 15) is 4.79 Å². The number of hydrogen-bond acceptors (Lipinski definition) is 4. The van der Waals surface area contributed by atoms with Gasteiger partial charge in [-0.25, -0.2) is 9.98 Å². The third kappa shape index (κ3) is 5.63. The zero-order valence-corrected chi connectivity index (χ0v) is 25.7. The molecule has 8 heteroatoms. The summed E-state index contributed by atoms with van der Waals surface area (Å²) < 4.78 is 1.69. The third-order valence-electron chi connectivity index (χ3n) is 10.1. The number of halogens is 1. The fraction of sp³-hybridized carbons (Fsp3) is 0.545. The molecule has 2 heterocycles. The lowest BCUT2D eigenvalue weighted by Gasteiger charge is -2.61. The van der Waals surface area contributed by atoms with Crippen molar-refractivity contribution in [1.29, 1.82) is 0 Å². The highest BCUT2D eigenvalue weighted by molar-refractivity contribution is 6.30. The SMILES string of the molecule is CC1CN(C(=NC2CC3CC(C2C)C3(C)C)Nc2ccc3c(=O)n(CCc4ccc(Cl)cc4)cnc3c2)CC(C)N1. The van der Waals surface area contributed by atoms with Gasteiger partial charge in [-0.05, 0) is 92.2 Å². The Hall–Kier alpha value is -2.90.